The molecule has 3 unspecified atom stereocenters. The minimum Gasteiger partial charge on any atom is -0.744 e. The molecule has 2 rings (SSSR count). The molecule has 28 heavy (non-hydrogen) atoms. The number of benzene rings is 1. The Labute approximate surface area is 189 Å². The monoisotopic (exact) mass is 418 g/mol. The van der Waals surface area contributed by atoms with E-state index >= 15 is 0 Å². The van der Waals surface area contributed by atoms with E-state index in [1.807, 2.05) is 18.7 Å². The van der Waals surface area contributed by atoms with E-state index in [2.05, 4.69) is 0 Å². The molecule has 0 aromatic heterocycles. The van der Waals surface area contributed by atoms with E-state index in [0.29, 0.717) is 32.2 Å². The smallest absolute Gasteiger partial charge is 0.744 e. The summed E-state index contributed by atoms with van der Waals surface area (Å²) in [6, 6.07) is 5.77. The molecule has 1 aromatic rings. The summed E-state index contributed by atoms with van der Waals surface area (Å²) in [6.07, 6.45) is 3.12. The second-order valence-electron chi connectivity index (χ2n) is 7.25. The maximum atomic E-state index is 12.2. The summed E-state index contributed by atoms with van der Waals surface area (Å²) in [7, 11) is -4.47. The molecule has 1 aliphatic rings. The molecular weight excluding hydrogens is 391 g/mol. The molecular formula is C19H27N2NaO5S. The molecule has 150 valence electrons. The van der Waals surface area contributed by atoms with E-state index < -0.39 is 10.1 Å². The van der Waals surface area contributed by atoms with E-state index in [0.717, 1.165) is 12.0 Å². The number of hydrogen-bond acceptors (Lipinski definition) is 5. The van der Waals surface area contributed by atoms with Gasteiger partial charge in [-0.2, -0.15) is 0 Å². The number of nitrogens with two attached hydrogens (primary N) is 1. The van der Waals surface area contributed by atoms with Gasteiger partial charge >= 0.3 is 29.6 Å². The molecule has 0 aliphatic carbocycles. The van der Waals surface area contributed by atoms with Gasteiger partial charge in [-0.25, -0.2) is 8.42 Å². The number of hydrogen-bond donors (Lipinski definition) is 1. The molecule has 1 heterocycles. The second kappa shape index (κ2) is 10.7. The molecule has 0 radical (unpaired) electrons. The van der Waals surface area contributed by atoms with Gasteiger partial charge in [0, 0.05) is 24.9 Å². The molecule has 3 atom stereocenters. The summed E-state index contributed by atoms with van der Waals surface area (Å²) in [5.41, 5.74) is 6.38. The topological polar surface area (TPSA) is 121 Å². The molecule has 2 amide bonds. The Morgan fingerprint density at radius 2 is 1.86 bits per heavy atom. The van der Waals surface area contributed by atoms with E-state index in [1.54, 1.807) is 12.1 Å². The molecule has 1 saturated heterocycles. The summed E-state index contributed by atoms with van der Waals surface area (Å²) < 4.78 is 33.2. The number of carbonyl (C=O) groups excluding carboxylic acids is 2. The average molecular weight is 418 g/mol. The fourth-order valence-corrected chi connectivity index (χ4v) is 4.19. The number of likely N-dealkylation sites (tertiary alicyclic amines) is 1. The first-order valence-electron chi connectivity index (χ1n) is 9.28. The van der Waals surface area contributed by atoms with Gasteiger partial charge in [-0.05, 0) is 49.3 Å². The van der Waals surface area contributed by atoms with Crippen LogP contribution in [0.5, 0.6) is 0 Å². The van der Waals surface area contributed by atoms with Gasteiger partial charge in [0.05, 0.1) is 4.90 Å². The van der Waals surface area contributed by atoms with E-state index in [4.69, 9.17) is 5.73 Å². The molecule has 0 spiro atoms. The summed E-state index contributed by atoms with van der Waals surface area (Å²) in [4.78, 5) is 25.5. The quantitative estimate of drug-likeness (QED) is 0.407. The van der Waals surface area contributed by atoms with Crippen molar-refractivity contribution < 1.29 is 52.1 Å². The predicted molar refractivity (Wildman–Crippen MR) is 99.8 cm³/mol. The van der Waals surface area contributed by atoms with E-state index in [9.17, 15) is 22.6 Å². The van der Waals surface area contributed by atoms with Gasteiger partial charge in [-0.15, -0.1) is 0 Å². The van der Waals surface area contributed by atoms with Gasteiger partial charge < -0.3 is 15.2 Å². The van der Waals surface area contributed by atoms with Crippen LogP contribution in [0.1, 0.15) is 57.4 Å². The SMILES string of the molecule is CCC(CC(CC(C)c1ccc(S(=O)(=O)[O-])cc1)N1CCCC1=O)C(N)=O.[Na+]. The van der Waals surface area contributed by atoms with Crippen LogP contribution in [0.4, 0.5) is 0 Å². The van der Waals surface area contributed by atoms with Crippen molar-refractivity contribution in [2.24, 2.45) is 11.7 Å². The van der Waals surface area contributed by atoms with Gasteiger partial charge in [0.15, 0.2) is 0 Å². The van der Waals surface area contributed by atoms with Crippen LogP contribution in [0.2, 0.25) is 0 Å². The summed E-state index contributed by atoms with van der Waals surface area (Å²) in [6.45, 7) is 4.57. The Morgan fingerprint density at radius 3 is 2.29 bits per heavy atom. The van der Waals surface area contributed by atoms with Crippen molar-refractivity contribution >= 4 is 21.9 Å². The first kappa shape index (κ1) is 25.1. The summed E-state index contributed by atoms with van der Waals surface area (Å²) in [5, 5.41) is 0. The molecule has 2 N–H and O–H groups in total. The maximum Gasteiger partial charge on any atom is 1.00 e. The van der Waals surface area contributed by atoms with Crippen LogP contribution in [-0.4, -0.2) is 42.3 Å². The van der Waals surface area contributed by atoms with Crippen molar-refractivity contribution in [1.82, 2.24) is 4.90 Å². The van der Waals surface area contributed by atoms with Gasteiger partial charge in [0.25, 0.3) is 0 Å². The molecule has 1 aromatic carbocycles. The molecule has 0 saturated carbocycles. The van der Waals surface area contributed by atoms with Gasteiger partial charge in [0.2, 0.25) is 11.8 Å². The number of rotatable bonds is 9. The third-order valence-corrected chi connectivity index (χ3v) is 6.22. The summed E-state index contributed by atoms with van der Waals surface area (Å²) >= 11 is 0. The predicted octanol–water partition coefficient (Wildman–Crippen LogP) is -1.02. The van der Waals surface area contributed by atoms with Crippen molar-refractivity contribution in [3.8, 4) is 0 Å². The zero-order chi connectivity index (χ0) is 20.2. The average Bonchev–Trinajstić information content (AvgIpc) is 3.03. The van der Waals surface area contributed by atoms with Crippen LogP contribution in [0.25, 0.3) is 0 Å². The van der Waals surface area contributed by atoms with E-state index in [1.165, 1.54) is 12.1 Å². The van der Waals surface area contributed by atoms with Crippen LogP contribution >= 0.6 is 0 Å². The Bertz CT molecular complexity index is 782. The minimum atomic E-state index is -4.47. The van der Waals surface area contributed by atoms with Crippen molar-refractivity contribution in [1.29, 1.82) is 0 Å². The van der Waals surface area contributed by atoms with Crippen molar-refractivity contribution in [3.05, 3.63) is 29.8 Å². The second-order valence-corrected chi connectivity index (χ2v) is 8.63. The van der Waals surface area contributed by atoms with Crippen LogP contribution in [-0.2, 0) is 19.7 Å². The van der Waals surface area contributed by atoms with Gasteiger partial charge in [-0.3, -0.25) is 9.59 Å². The standard InChI is InChI=1S/C19H28N2O5S.Na/c1-3-14(19(20)23)12-16(21-10-4-5-18(21)22)11-13(2)15-6-8-17(9-7-15)27(24,25)26;/h6-9,13-14,16H,3-5,10-12H2,1-2H3,(H2,20,23)(H,24,25,26);/q;+1/p-1. The third-order valence-electron chi connectivity index (χ3n) is 5.37. The fraction of sp³-hybridized carbons (Fsp3) is 0.579. The largest absolute Gasteiger partial charge is 1.00 e. The van der Waals surface area contributed by atoms with Crippen molar-refractivity contribution in [3.63, 3.8) is 0 Å². The molecule has 0 bridgehead atoms. The molecule has 1 aliphatic heterocycles. The number of nitrogens with zero attached hydrogens (tertiary/aromatic N) is 1. The first-order chi connectivity index (χ1) is 12.6. The molecule has 9 heteroatoms. The van der Waals surface area contributed by atoms with Crippen LogP contribution in [0.3, 0.4) is 0 Å². The first-order valence-corrected chi connectivity index (χ1v) is 10.7. The zero-order valence-electron chi connectivity index (χ0n) is 16.8. The Kier molecular flexibility index (Phi) is 9.62. The Balaban J connectivity index is 0.00000392. The molecule has 1 fully saturated rings. The molecule has 7 nitrogen and oxygen atoms in total. The number of carbonyl (C=O) groups is 2. The zero-order valence-corrected chi connectivity index (χ0v) is 19.6. The summed E-state index contributed by atoms with van der Waals surface area (Å²) in [5.74, 6) is -0.521. The Morgan fingerprint density at radius 1 is 1.25 bits per heavy atom. The van der Waals surface area contributed by atoms with Gasteiger partial charge in [0.1, 0.15) is 10.1 Å². The van der Waals surface area contributed by atoms with E-state index in [-0.39, 0.29) is 64.1 Å². The Hall–Kier alpha value is -0.930. The van der Waals surface area contributed by atoms with Crippen molar-refractivity contribution in [2.75, 3.05) is 6.54 Å². The fourth-order valence-electron chi connectivity index (χ4n) is 3.73. The van der Waals surface area contributed by atoms with Crippen molar-refractivity contribution in [2.45, 2.75) is 62.8 Å². The number of primary amides is 1. The van der Waals surface area contributed by atoms with Crippen LogP contribution < -0.4 is 35.3 Å². The number of amides is 2. The maximum absolute atomic E-state index is 12.2. The van der Waals surface area contributed by atoms with Gasteiger partial charge in [-0.1, -0.05) is 26.0 Å². The minimum absolute atomic E-state index is 0. The normalized spacial score (nSPS) is 17.7. The third kappa shape index (κ3) is 6.56. The van der Waals surface area contributed by atoms with Crippen LogP contribution in [0, 0.1) is 5.92 Å². The van der Waals surface area contributed by atoms with Crippen LogP contribution in [0.15, 0.2) is 29.2 Å².